The highest BCUT2D eigenvalue weighted by Gasteiger charge is 2.06. The van der Waals surface area contributed by atoms with Crippen molar-refractivity contribution < 1.29 is 14.3 Å². The lowest BCUT2D eigenvalue weighted by Crippen LogP contribution is -2.07. The Labute approximate surface area is 168 Å². The van der Waals surface area contributed by atoms with Gasteiger partial charge in [-0.2, -0.15) is 0 Å². The summed E-state index contributed by atoms with van der Waals surface area (Å²) in [6.07, 6.45) is 5.37. The molecule has 0 aliphatic heterocycles. The molecule has 0 saturated heterocycles. The Morgan fingerprint density at radius 1 is 1.08 bits per heavy atom. The van der Waals surface area contributed by atoms with Crippen LogP contribution in [0.15, 0.2) is 48.5 Å². The lowest BCUT2D eigenvalue weighted by atomic mass is 10.2. The summed E-state index contributed by atoms with van der Waals surface area (Å²) in [6.45, 7) is 5.30. The van der Waals surface area contributed by atoms with E-state index in [0.717, 1.165) is 33.4 Å². The van der Waals surface area contributed by atoms with Gasteiger partial charge >= 0.3 is 0 Å². The van der Waals surface area contributed by atoms with E-state index in [0.29, 0.717) is 19.0 Å². The molecule has 1 amide bonds. The van der Waals surface area contributed by atoms with Crippen LogP contribution in [0.4, 0.5) is 5.69 Å². The van der Waals surface area contributed by atoms with Crippen LogP contribution >= 0.6 is 22.6 Å². The number of carbonyl (C=O) groups is 1. The highest BCUT2D eigenvalue weighted by molar-refractivity contribution is 14.1. The molecule has 0 aliphatic carbocycles. The molecule has 0 heterocycles. The van der Waals surface area contributed by atoms with E-state index in [1.807, 2.05) is 49.4 Å². The van der Waals surface area contributed by atoms with Crippen molar-refractivity contribution in [3.8, 4) is 11.5 Å². The second-order valence-corrected chi connectivity index (χ2v) is 6.92. The van der Waals surface area contributed by atoms with Crippen molar-refractivity contribution in [2.24, 2.45) is 0 Å². The van der Waals surface area contributed by atoms with Crippen molar-refractivity contribution in [1.82, 2.24) is 0 Å². The number of amides is 1. The van der Waals surface area contributed by atoms with Crippen LogP contribution < -0.4 is 14.8 Å². The van der Waals surface area contributed by atoms with Crippen molar-refractivity contribution >= 4 is 40.3 Å². The minimum absolute atomic E-state index is 0.174. The van der Waals surface area contributed by atoms with Gasteiger partial charge in [-0.3, -0.25) is 4.79 Å². The number of hydrogen-bond acceptors (Lipinski definition) is 3. The summed E-state index contributed by atoms with van der Waals surface area (Å²) in [5.74, 6) is 1.26. The standard InChI is InChI=1S/C21H24INO3/c1-3-5-14-26-19-12-6-16(15-20(19)25-4-2)7-13-21(24)23-18-10-8-17(22)9-11-18/h6-13,15H,3-5,14H2,1-2H3,(H,23,24)/b13-7+. The zero-order chi connectivity index (χ0) is 18.8. The first-order chi connectivity index (χ1) is 12.6. The maximum Gasteiger partial charge on any atom is 0.248 e. The van der Waals surface area contributed by atoms with Crippen LogP contribution in [0.25, 0.3) is 6.08 Å². The number of carbonyl (C=O) groups excluding carboxylic acids is 1. The molecule has 2 aromatic carbocycles. The van der Waals surface area contributed by atoms with Gasteiger partial charge in [-0.25, -0.2) is 0 Å². The zero-order valence-electron chi connectivity index (χ0n) is 15.1. The van der Waals surface area contributed by atoms with Gasteiger partial charge in [-0.1, -0.05) is 19.4 Å². The minimum atomic E-state index is -0.174. The van der Waals surface area contributed by atoms with Crippen molar-refractivity contribution in [1.29, 1.82) is 0 Å². The second-order valence-electron chi connectivity index (χ2n) is 5.67. The summed E-state index contributed by atoms with van der Waals surface area (Å²) in [4.78, 5) is 12.1. The number of ether oxygens (including phenoxy) is 2. The van der Waals surface area contributed by atoms with Crippen LogP contribution in [0.2, 0.25) is 0 Å². The molecule has 0 atom stereocenters. The van der Waals surface area contributed by atoms with E-state index in [-0.39, 0.29) is 5.91 Å². The summed E-state index contributed by atoms with van der Waals surface area (Å²) in [5, 5.41) is 2.84. The number of unbranched alkanes of at least 4 members (excludes halogenated alkanes) is 1. The Balaban J connectivity index is 2.02. The van der Waals surface area contributed by atoms with Gasteiger partial charge in [0.05, 0.1) is 13.2 Å². The fraction of sp³-hybridized carbons (Fsp3) is 0.286. The molecule has 2 rings (SSSR count). The number of anilines is 1. The third-order valence-corrected chi connectivity index (χ3v) is 4.28. The van der Waals surface area contributed by atoms with E-state index in [1.54, 1.807) is 6.08 Å². The molecule has 5 heteroatoms. The van der Waals surface area contributed by atoms with Crippen molar-refractivity contribution in [3.05, 3.63) is 57.7 Å². The third kappa shape index (κ3) is 6.71. The molecule has 138 valence electrons. The minimum Gasteiger partial charge on any atom is -0.490 e. The number of nitrogens with one attached hydrogen (secondary N) is 1. The summed E-state index contributed by atoms with van der Waals surface area (Å²) >= 11 is 2.23. The molecule has 0 aliphatic rings. The number of halogens is 1. The Morgan fingerprint density at radius 3 is 2.54 bits per heavy atom. The Bertz CT molecular complexity index is 741. The van der Waals surface area contributed by atoms with Crippen molar-refractivity contribution in [2.75, 3.05) is 18.5 Å². The molecule has 26 heavy (non-hydrogen) atoms. The second kappa shape index (κ2) is 10.9. The third-order valence-electron chi connectivity index (χ3n) is 3.56. The molecule has 1 N–H and O–H groups in total. The van der Waals surface area contributed by atoms with Crippen LogP contribution in [-0.2, 0) is 4.79 Å². The maximum atomic E-state index is 12.1. The molecule has 2 aromatic rings. The van der Waals surface area contributed by atoms with Crippen molar-refractivity contribution in [3.63, 3.8) is 0 Å². The topological polar surface area (TPSA) is 47.6 Å². The molecule has 0 aromatic heterocycles. The summed E-state index contributed by atoms with van der Waals surface area (Å²) < 4.78 is 12.6. The normalized spacial score (nSPS) is 10.7. The maximum absolute atomic E-state index is 12.1. The monoisotopic (exact) mass is 465 g/mol. The van der Waals surface area contributed by atoms with Crippen LogP contribution in [-0.4, -0.2) is 19.1 Å². The highest BCUT2D eigenvalue weighted by atomic mass is 127. The number of rotatable bonds is 9. The Morgan fingerprint density at radius 2 is 1.85 bits per heavy atom. The van der Waals surface area contributed by atoms with E-state index in [2.05, 4.69) is 34.8 Å². The predicted octanol–water partition coefficient (Wildman–Crippen LogP) is 5.52. The van der Waals surface area contributed by atoms with Crippen LogP contribution in [0, 0.1) is 3.57 Å². The molecular weight excluding hydrogens is 441 g/mol. The summed E-state index contributed by atoms with van der Waals surface area (Å²) in [5.41, 5.74) is 1.66. The highest BCUT2D eigenvalue weighted by Crippen LogP contribution is 2.29. The first-order valence-electron chi connectivity index (χ1n) is 8.76. The van der Waals surface area contributed by atoms with Gasteiger partial charge in [0.2, 0.25) is 5.91 Å². The Hall–Kier alpha value is -2.02. The SMILES string of the molecule is CCCCOc1ccc(/C=C/C(=O)Nc2ccc(I)cc2)cc1OCC. The average molecular weight is 465 g/mol. The van der Waals surface area contributed by atoms with Crippen LogP contribution in [0.1, 0.15) is 32.3 Å². The largest absolute Gasteiger partial charge is 0.490 e. The molecule has 0 saturated carbocycles. The van der Waals surface area contributed by atoms with Gasteiger partial charge < -0.3 is 14.8 Å². The van der Waals surface area contributed by atoms with Gasteiger partial charge in [0.25, 0.3) is 0 Å². The van der Waals surface area contributed by atoms with E-state index in [9.17, 15) is 4.79 Å². The Kier molecular flexibility index (Phi) is 8.47. The predicted molar refractivity (Wildman–Crippen MR) is 115 cm³/mol. The molecule has 0 unspecified atom stereocenters. The molecule has 4 nitrogen and oxygen atoms in total. The average Bonchev–Trinajstić information content (AvgIpc) is 2.64. The molecule has 0 radical (unpaired) electrons. The van der Waals surface area contributed by atoms with Crippen LogP contribution in [0.3, 0.4) is 0 Å². The van der Waals surface area contributed by atoms with E-state index < -0.39 is 0 Å². The molecule has 0 fully saturated rings. The van der Waals surface area contributed by atoms with E-state index in [1.165, 1.54) is 6.08 Å². The smallest absolute Gasteiger partial charge is 0.248 e. The van der Waals surface area contributed by atoms with Gasteiger partial charge in [0.1, 0.15) is 0 Å². The molecule has 0 bridgehead atoms. The quantitative estimate of drug-likeness (QED) is 0.302. The first kappa shape index (κ1) is 20.3. The number of benzene rings is 2. The summed E-state index contributed by atoms with van der Waals surface area (Å²) in [7, 11) is 0. The van der Waals surface area contributed by atoms with Gasteiger partial charge in [0, 0.05) is 15.3 Å². The first-order valence-corrected chi connectivity index (χ1v) is 9.84. The fourth-order valence-electron chi connectivity index (χ4n) is 2.23. The lowest BCUT2D eigenvalue weighted by molar-refractivity contribution is -0.111. The van der Waals surface area contributed by atoms with Gasteiger partial charge in [-0.15, -0.1) is 0 Å². The summed E-state index contributed by atoms with van der Waals surface area (Å²) in [6, 6.07) is 13.3. The van der Waals surface area contributed by atoms with Crippen LogP contribution in [0.5, 0.6) is 11.5 Å². The lowest BCUT2D eigenvalue weighted by Gasteiger charge is -2.12. The van der Waals surface area contributed by atoms with E-state index in [4.69, 9.17) is 9.47 Å². The van der Waals surface area contributed by atoms with Crippen molar-refractivity contribution in [2.45, 2.75) is 26.7 Å². The zero-order valence-corrected chi connectivity index (χ0v) is 17.3. The van der Waals surface area contributed by atoms with Gasteiger partial charge in [-0.05, 0) is 84.0 Å². The fourth-order valence-corrected chi connectivity index (χ4v) is 2.59. The molecule has 0 spiro atoms. The van der Waals surface area contributed by atoms with Gasteiger partial charge in [0.15, 0.2) is 11.5 Å². The van der Waals surface area contributed by atoms with E-state index >= 15 is 0 Å². The molecular formula is C21H24INO3. The number of hydrogen-bond donors (Lipinski definition) is 1.